The van der Waals surface area contributed by atoms with Gasteiger partial charge in [0.15, 0.2) is 11.4 Å². The minimum Gasteiger partial charge on any atom is -0.510 e. The summed E-state index contributed by atoms with van der Waals surface area (Å²) in [5, 5.41) is 47.3. The Morgan fingerprint density at radius 1 is 1.26 bits per heavy atom. The predicted octanol–water partition coefficient (Wildman–Crippen LogP) is 1.33. The number of alkyl halides is 3. The molecule has 0 saturated carbocycles. The fourth-order valence-electron chi connectivity index (χ4n) is 7.13. The van der Waals surface area contributed by atoms with Gasteiger partial charge in [0.2, 0.25) is 5.79 Å². The number of carbonyl (C=O) groups is 2. The zero-order valence-electron chi connectivity index (χ0n) is 20.4. The van der Waals surface area contributed by atoms with Crippen LogP contribution in [0.3, 0.4) is 0 Å². The lowest BCUT2D eigenvalue weighted by Crippen LogP contribution is -2.57. The van der Waals surface area contributed by atoms with Gasteiger partial charge in [-0.15, -0.1) is 0 Å². The van der Waals surface area contributed by atoms with Crippen molar-refractivity contribution < 1.29 is 47.9 Å². The monoisotopic (exact) mass is 537 g/mol. The van der Waals surface area contributed by atoms with Crippen LogP contribution in [0.25, 0.3) is 0 Å². The molecule has 0 bridgehead atoms. The molecule has 1 spiro atoms. The number of ketones is 1. The quantitative estimate of drug-likeness (QED) is 0.312. The van der Waals surface area contributed by atoms with Gasteiger partial charge in [0.1, 0.15) is 22.8 Å². The molecule has 5 aliphatic rings. The second-order valence-corrected chi connectivity index (χ2v) is 10.9. The number of carbonyl (C=O) groups excluding carboxylic acids is 2. The maximum absolute atomic E-state index is 14.4. The van der Waals surface area contributed by atoms with E-state index in [0.717, 1.165) is 6.07 Å². The number of phenols is 1. The molecule has 38 heavy (non-hydrogen) atoms. The Morgan fingerprint density at radius 3 is 2.45 bits per heavy atom. The van der Waals surface area contributed by atoms with E-state index in [-0.39, 0.29) is 29.5 Å². The van der Waals surface area contributed by atoms with Gasteiger partial charge in [-0.2, -0.15) is 13.2 Å². The number of rotatable bonds is 3. The number of ether oxygens (including phenoxy) is 1. The summed E-state index contributed by atoms with van der Waals surface area (Å²) >= 11 is 0. The van der Waals surface area contributed by atoms with Crippen LogP contribution in [-0.2, 0) is 22.1 Å². The van der Waals surface area contributed by atoms with Crippen molar-refractivity contribution in [2.75, 3.05) is 20.6 Å². The summed E-state index contributed by atoms with van der Waals surface area (Å²) in [5.41, 5.74) is 0.380. The SMILES string of the molecule is CN(C)[C@@H]1C(O)=C(C(N)=O)C2(O)O[C@@]23C(O)=C2C(=O)c4c(O)cc(C5CCN5)c(C(F)(F)F)c4C[C@H]2C[C@@H]13. The van der Waals surface area contributed by atoms with E-state index in [0.29, 0.717) is 13.0 Å². The standard InChI is InChI=1S/C25H26F3N3O7/c1-31(2)18-11-6-8-5-10-15(13(32)7-9(12-3-4-30-12)16(10)25(26,27)28)19(33)14(8)21(35)23(11)24(37,38-23)17(20(18)34)22(29)36/h7-8,11-12,18,30,32,34-35,37H,3-6H2,1-2H3,(H2,29,36)/t8-,11-,12?,18-,23-,24?/m0/s1. The number of Topliss-reactive ketones (excluding diaryl/α,β-unsaturated/α-hetero) is 1. The van der Waals surface area contributed by atoms with E-state index in [1.165, 1.54) is 4.90 Å². The van der Waals surface area contributed by atoms with Crippen molar-refractivity contribution in [3.63, 3.8) is 0 Å². The largest absolute Gasteiger partial charge is 0.510 e. The molecule has 2 fully saturated rings. The number of amides is 1. The first-order valence-corrected chi connectivity index (χ1v) is 12.2. The molecule has 0 aromatic heterocycles. The Kier molecular flexibility index (Phi) is 4.96. The smallest absolute Gasteiger partial charge is 0.417 e. The van der Waals surface area contributed by atoms with Crippen LogP contribution in [0.2, 0.25) is 0 Å². The number of halogens is 3. The molecule has 2 saturated heterocycles. The number of aliphatic hydroxyl groups is 3. The number of hydrogen-bond donors (Lipinski definition) is 6. The highest BCUT2D eigenvalue weighted by molar-refractivity contribution is 6.14. The van der Waals surface area contributed by atoms with E-state index in [1.54, 1.807) is 14.1 Å². The lowest BCUT2D eigenvalue weighted by Gasteiger charge is -2.46. The van der Waals surface area contributed by atoms with Crippen LogP contribution in [0, 0.1) is 11.8 Å². The van der Waals surface area contributed by atoms with Crippen LogP contribution in [-0.4, -0.2) is 75.1 Å². The number of hydrogen-bond acceptors (Lipinski definition) is 9. The summed E-state index contributed by atoms with van der Waals surface area (Å²) in [6.07, 6.45) is -4.79. The lowest BCUT2D eigenvalue weighted by molar-refractivity contribution is -0.139. The minimum atomic E-state index is -4.82. The van der Waals surface area contributed by atoms with Gasteiger partial charge in [-0.05, 0) is 63.0 Å². The van der Waals surface area contributed by atoms with Gasteiger partial charge in [-0.25, -0.2) is 0 Å². The van der Waals surface area contributed by atoms with Gasteiger partial charge < -0.3 is 36.2 Å². The zero-order valence-corrected chi connectivity index (χ0v) is 20.4. The molecule has 6 atom stereocenters. The normalized spacial score (nSPS) is 35.8. The minimum absolute atomic E-state index is 0.0736. The van der Waals surface area contributed by atoms with Gasteiger partial charge in [0.25, 0.3) is 5.91 Å². The fraction of sp³-hybridized carbons (Fsp3) is 0.520. The number of primary amides is 1. The van der Waals surface area contributed by atoms with Crippen molar-refractivity contribution in [1.29, 1.82) is 0 Å². The van der Waals surface area contributed by atoms with Crippen molar-refractivity contribution in [3.8, 4) is 5.75 Å². The van der Waals surface area contributed by atoms with Crippen LogP contribution in [0.5, 0.6) is 5.75 Å². The molecule has 1 aromatic carbocycles. The van der Waals surface area contributed by atoms with Crippen LogP contribution < -0.4 is 11.1 Å². The number of nitrogens with two attached hydrogens (primary N) is 1. The number of nitrogens with zero attached hydrogens (tertiary/aromatic N) is 1. The molecule has 2 aliphatic heterocycles. The molecule has 10 nitrogen and oxygen atoms in total. The summed E-state index contributed by atoms with van der Waals surface area (Å²) in [4.78, 5) is 27.4. The maximum Gasteiger partial charge on any atom is 0.417 e. The van der Waals surface area contributed by atoms with Crippen LogP contribution >= 0.6 is 0 Å². The molecule has 2 unspecified atom stereocenters. The Bertz CT molecular complexity index is 1380. The molecule has 13 heteroatoms. The first-order valence-electron chi connectivity index (χ1n) is 12.2. The van der Waals surface area contributed by atoms with Crippen molar-refractivity contribution >= 4 is 11.7 Å². The van der Waals surface area contributed by atoms with Gasteiger partial charge in [-0.1, -0.05) is 0 Å². The highest BCUT2D eigenvalue weighted by atomic mass is 19.4. The van der Waals surface area contributed by atoms with Crippen LogP contribution in [0.4, 0.5) is 13.2 Å². The second-order valence-electron chi connectivity index (χ2n) is 10.9. The third-order valence-electron chi connectivity index (χ3n) is 8.75. The second kappa shape index (κ2) is 7.50. The molecule has 6 rings (SSSR count). The molecule has 1 amide bonds. The number of likely N-dealkylation sites (N-methyl/N-ethyl adjacent to an activating group) is 1. The topological polar surface area (TPSA) is 169 Å². The third kappa shape index (κ3) is 2.87. The zero-order chi connectivity index (χ0) is 27.7. The summed E-state index contributed by atoms with van der Waals surface area (Å²) < 4.78 is 48.8. The average molecular weight is 537 g/mol. The molecular formula is C25H26F3N3O7. The molecule has 0 radical (unpaired) electrons. The van der Waals surface area contributed by atoms with Crippen molar-refractivity contribution in [1.82, 2.24) is 10.2 Å². The van der Waals surface area contributed by atoms with Gasteiger partial charge >= 0.3 is 6.18 Å². The van der Waals surface area contributed by atoms with Crippen LogP contribution in [0.1, 0.15) is 45.9 Å². The summed E-state index contributed by atoms with van der Waals surface area (Å²) in [5.74, 6) is -8.60. The first-order chi connectivity index (χ1) is 17.7. The number of phenolic OH excluding ortho intramolecular Hbond substituents is 1. The number of aromatic hydroxyl groups is 1. The summed E-state index contributed by atoms with van der Waals surface area (Å²) in [6, 6.07) is -0.698. The highest BCUT2D eigenvalue weighted by Gasteiger charge is 2.84. The Hall–Kier alpha value is -3.13. The van der Waals surface area contributed by atoms with Crippen molar-refractivity contribution in [2.45, 2.75) is 48.9 Å². The van der Waals surface area contributed by atoms with E-state index in [4.69, 9.17) is 10.5 Å². The predicted molar refractivity (Wildman–Crippen MR) is 123 cm³/mol. The molecule has 2 heterocycles. The highest BCUT2D eigenvalue weighted by Crippen LogP contribution is 2.68. The molecule has 3 aliphatic carbocycles. The fourth-order valence-corrected chi connectivity index (χ4v) is 7.13. The van der Waals surface area contributed by atoms with E-state index < -0.39 is 87.1 Å². The number of epoxide rings is 1. The van der Waals surface area contributed by atoms with Gasteiger partial charge in [0.05, 0.1) is 17.2 Å². The third-order valence-corrected chi connectivity index (χ3v) is 8.75. The number of benzene rings is 1. The first kappa shape index (κ1) is 25.2. The van der Waals surface area contributed by atoms with Crippen molar-refractivity contribution in [3.05, 3.63) is 51.0 Å². The number of nitrogens with one attached hydrogen (secondary N) is 1. The lowest BCUT2D eigenvalue weighted by atomic mass is 9.59. The van der Waals surface area contributed by atoms with Crippen LogP contribution in [0.15, 0.2) is 28.7 Å². The van der Waals surface area contributed by atoms with E-state index in [2.05, 4.69) is 5.32 Å². The average Bonchev–Trinajstić information content (AvgIpc) is 3.36. The Balaban J connectivity index is 1.57. The number of fused-ring (bicyclic) bond motifs is 2. The van der Waals surface area contributed by atoms with E-state index in [1.807, 2.05) is 0 Å². The van der Waals surface area contributed by atoms with Crippen molar-refractivity contribution in [2.24, 2.45) is 17.6 Å². The molecule has 7 N–H and O–H groups in total. The van der Waals surface area contributed by atoms with Gasteiger partial charge in [0, 0.05) is 17.5 Å². The summed E-state index contributed by atoms with van der Waals surface area (Å²) in [6.45, 7) is 0.519. The van der Waals surface area contributed by atoms with E-state index >= 15 is 0 Å². The maximum atomic E-state index is 14.4. The number of allylic oxidation sites excluding steroid dienone is 1. The number of aliphatic hydroxyl groups excluding tert-OH is 2. The van der Waals surface area contributed by atoms with E-state index in [9.17, 15) is 43.2 Å². The molecule has 204 valence electrons. The van der Waals surface area contributed by atoms with Gasteiger partial charge in [-0.3, -0.25) is 14.5 Å². The Labute approximate surface area is 214 Å². The molecular weight excluding hydrogens is 511 g/mol. The molecule has 1 aromatic rings. The summed E-state index contributed by atoms with van der Waals surface area (Å²) in [7, 11) is 3.13. The Morgan fingerprint density at radius 2 is 1.92 bits per heavy atom.